The Labute approximate surface area is 189 Å². The summed E-state index contributed by atoms with van der Waals surface area (Å²) < 4.78 is 37.6. The van der Waals surface area contributed by atoms with Gasteiger partial charge in [0.05, 0.1) is 5.75 Å². The van der Waals surface area contributed by atoms with E-state index in [2.05, 4.69) is 0 Å². The molecule has 176 valence electrons. The predicted octanol–water partition coefficient (Wildman–Crippen LogP) is 4.84. The van der Waals surface area contributed by atoms with Crippen molar-refractivity contribution in [1.82, 2.24) is 0 Å². The average molecular weight is 466 g/mol. The Balaban J connectivity index is 0.00000118. The van der Waals surface area contributed by atoms with E-state index >= 15 is 0 Å². The van der Waals surface area contributed by atoms with E-state index in [9.17, 15) is 13.2 Å². The van der Waals surface area contributed by atoms with Gasteiger partial charge in [0.15, 0.2) is 0 Å². The minimum Gasteiger partial charge on any atom is -0.487 e. The normalized spacial score (nSPS) is 11.0. The molecule has 0 saturated carbocycles. The molecule has 2 rings (SSSR count). The highest BCUT2D eigenvalue weighted by molar-refractivity contribution is 7.93. The Bertz CT molecular complexity index is 979. The summed E-state index contributed by atoms with van der Waals surface area (Å²) in [6, 6.07) is 16.1. The zero-order valence-corrected chi connectivity index (χ0v) is 19.9. The van der Waals surface area contributed by atoms with Gasteiger partial charge in [-0.3, -0.25) is 4.79 Å². The third-order valence-corrected chi connectivity index (χ3v) is 5.45. The van der Waals surface area contributed by atoms with Crippen LogP contribution in [0.3, 0.4) is 0 Å². The zero-order chi connectivity index (χ0) is 24.4. The smallest absolute Gasteiger partial charge is 0.429 e. The summed E-state index contributed by atoms with van der Waals surface area (Å²) in [6.45, 7) is 8.13. The fourth-order valence-corrected chi connectivity index (χ4v) is 3.91. The maximum Gasteiger partial charge on any atom is 0.429 e. The van der Waals surface area contributed by atoms with Gasteiger partial charge < -0.3 is 14.6 Å². The molecule has 0 aliphatic carbocycles. The van der Waals surface area contributed by atoms with Crippen LogP contribution in [-0.4, -0.2) is 36.9 Å². The third-order valence-electron chi connectivity index (χ3n) is 3.62. The topological polar surface area (TPSA) is 110 Å². The summed E-state index contributed by atoms with van der Waals surface area (Å²) >= 11 is 0. The van der Waals surface area contributed by atoms with E-state index < -0.39 is 27.7 Å². The quantitative estimate of drug-likeness (QED) is 0.623. The molecule has 8 nitrogen and oxygen atoms in total. The molecular weight excluding hydrogens is 434 g/mol. The standard InChI is InChI=1S/C21H27NO5S.C2H4O2/c1-5-15-28(24,25)22(20(23)27-21(2,3)4)18-13-9-10-14-19(18)26-16-17-11-7-6-8-12-17;1-2(3)4/h6-14H,5,15-16H2,1-4H3;1H3,(H,3,4). The molecule has 0 aromatic heterocycles. The Morgan fingerprint density at radius 3 is 2.06 bits per heavy atom. The first kappa shape index (κ1) is 27.0. The summed E-state index contributed by atoms with van der Waals surface area (Å²) in [5, 5.41) is 7.42. The first-order chi connectivity index (χ1) is 14.9. The van der Waals surface area contributed by atoms with Crippen molar-refractivity contribution in [2.24, 2.45) is 0 Å². The second-order valence-electron chi connectivity index (χ2n) is 7.82. The maximum atomic E-state index is 12.9. The van der Waals surface area contributed by atoms with Crippen LogP contribution < -0.4 is 9.04 Å². The highest BCUT2D eigenvalue weighted by Gasteiger charge is 2.34. The van der Waals surface area contributed by atoms with E-state index in [1.54, 1.807) is 45.9 Å². The number of amides is 1. The van der Waals surface area contributed by atoms with Crippen molar-refractivity contribution >= 4 is 27.8 Å². The molecule has 0 fully saturated rings. The highest BCUT2D eigenvalue weighted by Crippen LogP contribution is 2.32. The molecule has 0 spiro atoms. The summed E-state index contributed by atoms with van der Waals surface area (Å²) in [7, 11) is -3.92. The lowest BCUT2D eigenvalue weighted by Crippen LogP contribution is -2.42. The minimum atomic E-state index is -3.92. The van der Waals surface area contributed by atoms with Gasteiger partial charge in [0.25, 0.3) is 5.97 Å². The molecule has 0 saturated heterocycles. The number of sulfonamides is 1. The van der Waals surface area contributed by atoms with Crippen LogP contribution >= 0.6 is 0 Å². The molecule has 2 aromatic rings. The van der Waals surface area contributed by atoms with Crippen LogP contribution in [0.1, 0.15) is 46.6 Å². The number of carboxylic acids is 1. The van der Waals surface area contributed by atoms with Crippen LogP contribution in [0.4, 0.5) is 10.5 Å². The van der Waals surface area contributed by atoms with Gasteiger partial charge in [0, 0.05) is 6.92 Å². The second-order valence-corrected chi connectivity index (χ2v) is 9.76. The number of ether oxygens (including phenoxy) is 2. The number of aliphatic carboxylic acids is 1. The van der Waals surface area contributed by atoms with Gasteiger partial charge in [-0.2, -0.15) is 4.31 Å². The van der Waals surface area contributed by atoms with E-state index in [0.717, 1.165) is 12.5 Å². The van der Waals surface area contributed by atoms with Crippen molar-refractivity contribution in [3.8, 4) is 5.75 Å². The van der Waals surface area contributed by atoms with Gasteiger partial charge >= 0.3 is 6.09 Å². The molecule has 0 unspecified atom stereocenters. The summed E-state index contributed by atoms with van der Waals surface area (Å²) in [6.07, 6.45) is -0.578. The Kier molecular flexibility index (Phi) is 10.2. The molecule has 0 heterocycles. The Morgan fingerprint density at radius 1 is 1.00 bits per heavy atom. The lowest BCUT2D eigenvalue weighted by atomic mass is 10.2. The zero-order valence-electron chi connectivity index (χ0n) is 19.1. The molecule has 1 amide bonds. The molecule has 0 bridgehead atoms. The van der Waals surface area contributed by atoms with Crippen molar-refractivity contribution in [2.45, 2.75) is 53.2 Å². The lowest BCUT2D eigenvalue weighted by Gasteiger charge is -2.28. The van der Waals surface area contributed by atoms with Crippen molar-refractivity contribution < 1.29 is 32.6 Å². The van der Waals surface area contributed by atoms with Crippen molar-refractivity contribution in [3.63, 3.8) is 0 Å². The van der Waals surface area contributed by atoms with E-state index in [4.69, 9.17) is 19.4 Å². The summed E-state index contributed by atoms with van der Waals surface area (Å²) in [5.74, 6) is -0.726. The van der Waals surface area contributed by atoms with Crippen LogP contribution in [0.5, 0.6) is 5.75 Å². The number of benzene rings is 2. The van der Waals surface area contributed by atoms with Crippen molar-refractivity contribution in [2.75, 3.05) is 10.1 Å². The van der Waals surface area contributed by atoms with Gasteiger partial charge in [-0.25, -0.2) is 13.2 Å². The van der Waals surface area contributed by atoms with E-state index in [1.807, 2.05) is 30.3 Å². The second kappa shape index (κ2) is 12.1. The predicted molar refractivity (Wildman–Crippen MR) is 123 cm³/mol. The van der Waals surface area contributed by atoms with Gasteiger partial charge in [0.1, 0.15) is 23.6 Å². The summed E-state index contributed by atoms with van der Waals surface area (Å²) in [5.41, 5.74) is 0.232. The lowest BCUT2D eigenvalue weighted by molar-refractivity contribution is -0.134. The van der Waals surface area contributed by atoms with E-state index in [-0.39, 0.29) is 23.8 Å². The number of anilines is 1. The molecule has 0 radical (unpaired) electrons. The van der Waals surface area contributed by atoms with E-state index in [0.29, 0.717) is 10.7 Å². The molecule has 0 atom stereocenters. The first-order valence-corrected chi connectivity index (χ1v) is 11.7. The van der Waals surface area contributed by atoms with Crippen molar-refractivity contribution in [1.29, 1.82) is 0 Å². The maximum absolute atomic E-state index is 12.9. The third kappa shape index (κ3) is 9.38. The number of carbonyl (C=O) groups is 2. The number of hydrogen-bond donors (Lipinski definition) is 1. The molecular formula is C23H31NO7S. The van der Waals surface area contributed by atoms with Crippen LogP contribution in [0.25, 0.3) is 0 Å². The molecule has 0 aliphatic heterocycles. The summed E-state index contributed by atoms with van der Waals surface area (Å²) in [4.78, 5) is 21.8. The van der Waals surface area contributed by atoms with Crippen molar-refractivity contribution in [3.05, 3.63) is 60.2 Å². The fourth-order valence-electron chi connectivity index (χ4n) is 2.50. The number of carbonyl (C=O) groups excluding carboxylic acids is 1. The average Bonchev–Trinajstić information content (AvgIpc) is 2.66. The van der Waals surface area contributed by atoms with Crippen LogP contribution in [-0.2, 0) is 26.2 Å². The number of carboxylic acid groups (broad SMARTS) is 1. The van der Waals surface area contributed by atoms with Gasteiger partial charge in [-0.1, -0.05) is 49.4 Å². The van der Waals surface area contributed by atoms with Gasteiger partial charge in [-0.15, -0.1) is 0 Å². The minimum absolute atomic E-state index is 0.140. The SMILES string of the molecule is CC(=O)O.CCCS(=O)(=O)N(C(=O)OC(C)(C)C)c1ccccc1OCc1ccccc1. The molecule has 9 heteroatoms. The number of rotatable bonds is 7. The number of hydrogen-bond acceptors (Lipinski definition) is 6. The largest absolute Gasteiger partial charge is 0.487 e. The molecule has 0 aliphatic rings. The highest BCUT2D eigenvalue weighted by atomic mass is 32.2. The van der Waals surface area contributed by atoms with Crippen LogP contribution in [0, 0.1) is 0 Å². The van der Waals surface area contributed by atoms with E-state index in [1.165, 1.54) is 6.07 Å². The monoisotopic (exact) mass is 465 g/mol. The van der Waals surface area contributed by atoms with Gasteiger partial charge in [0.2, 0.25) is 10.0 Å². The molecule has 1 N–H and O–H groups in total. The molecule has 32 heavy (non-hydrogen) atoms. The number of nitrogens with zero attached hydrogens (tertiary/aromatic N) is 1. The Hall–Kier alpha value is -3.07. The van der Waals surface area contributed by atoms with Crippen LogP contribution in [0.15, 0.2) is 54.6 Å². The first-order valence-electron chi connectivity index (χ1n) is 10.1. The molecule has 2 aromatic carbocycles. The number of para-hydroxylation sites is 2. The van der Waals surface area contributed by atoms with Crippen LogP contribution in [0.2, 0.25) is 0 Å². The Morgan fingerprint density at radius 2 is 1.53 bits per heavy atom. The van der Waals surface area contributed by atoms with Gasteiger partial charge in [-0.05, 0) is 44.9 Å². The fraction of sp³-hybridized carbons (Fsp3) is 0.391.